The number of rotatable bonds is 3. The summed E-state index contributed by atoms with van der Waals surface area (Å²) < 4.78 is 15.2. The first-order valence-electron chi connectivity index (χ1n) is 12.6. The second kappa shape index (κ2) is 8.39. The highest BCUT2D eigenvalue weighted by Gasteiger charge is 2.62. The van der Waals surface area contributed by atoms with E-state index >= 15 is 0 Å². The van der Waals surface area contributed by atoms with E-state index in [1.807, 2.05) is 6.20 Å². The molecular weight excluding hydrogens is 475 g/mol. The first kappa shape index (κ1) is 23.6. The molecule has 7 unspecified atom stereocenters. The minimum atomic E-state index is -0.526. The molecule has 2 fully saturated rings. The quantitative estimate of drug-likeness (QED) is 0.608. The minimum absolute atomic E-state index is 0.0522. The zero-order valence-electron chi connectivity index (χ0n) is 20.4. The van der Waals surface area contributed by atoms with E-state index in [9.17, 15) is 14.3 Å². The zero-order chi connectivity index (χ0) is 25.2. The van der Waals surface area contributed by atoms with Crippen LogP contribution < -0.4 is 0 Å². The smallest absolute Gasteiger partial charge is 0.212 e. The molecule has 0 radical (unpaired) electrons. The van der Waals surface area contributed by atoms with Crippen molar-refractivity contribution in [2.45, 2.75) is 45.6 Å². The molecule has 0 amide bonds. The zero-order valence-corrected chi connectivity index (χ0v) is 21.2. The summed E-state index contributed by atoms with van der Waals surface area (Å²) in [6.45, 7) is 4.44. The lowest BCUT2D eigenvalue weighted by Gasteiger charge is -2.57. The third kappa shape index (κ3) is 3.36. The number of thioether (sulfide) groups is 1. The molecule has 0 aromatic carbocycles. The summed E-state index contributed by atoms with van der Waals surface area (Å²) in [5.74, 6) is 0.112. The Morgan fingerprint density at radius 2 is 2.17 bits per heavy atom. The number of fused-ring (bicyclic) bond motifs is 6. The van der Waals surface area contributed by atoms with Crippen LogP contribution in [0.25, 0.3) is 11.8 Å². The highest BCUT2D eigenvalue weighted by molar-refractivity contribution is 8.13. The van der Waals surface area contributed by atoms with Crippen LogP contribution in [0.1, 0.15) is 44.4 Å². The van der Waals surface area contributed by atoms with Crippen LogP contribution in [0.5, 0.6) is 0 Å². The molecule has 0 aliphatic heterocycles. The lowest BCUT2D eigenvalue weighted by Crippen LogP contribution is -2.56. The van der Waals surface area contributed by atoms with Crippen molar-refractivity contribution in [3.63, 3.8) is 0 Å². The summed E-state index contributed by atoms with van der Waals surface area (Å²) in [4.78, 5) is 16.7. The van der Waals surface area contributed by atoms with Gasteiger partial charge in [-0.1, -0.05) is 37.8 Å². The third-order valence-corrected chi connectivity index (χ3v) is 10.3. The Bertz CT molecular complexity index is 1330. The maximum Gasteiger partial charge on any atom is 0.212 e. The number of carbonyl (C=O) groups is 1. The van der Waals surface area contributed by atoms with E-state index in [1.165, 1.54) is 17.8 Å². The molecule has 0 saturated heterocycles. The summed E-state index contributed by atoms with van der Waals surface area (Å²) in [6.07, 6.45) is 12.6. The van der Waals surface area contributed by atoms with Crippen molar-refractivity contribution < 1.29 is 14.3 Å². The van der Waals surface area contributed by atoms with Gasteiger partial charge in [0.2, 0.25) is 5.95 Å². The summed E-state index contributed by atoms with van der Waals surface area (Å²) in [6, 6.07) is 5.08. The summed E-state index contributed by atoms with van der Waals surface area (Å²) in [5, 5.41) is 25.3. The number of aliphatic hydroxyl groups excluding tert-OH is 1. The largest absolute Gasteiger partial charge is 0.393 e. The van der Waals surface area contributed by atoms with Crippen molar-refractivity contribution in [2.24, 2.45) is 34.5 Å². The van der Waals surface area contributed by atoms with Gasteiger partial charge >= 0.3 is 0 Å². The van der Waals surface area contributed by atoms with E-state index in [-0.39, 0.29) is 39.5 Å². The molecule has 186 valence electrons. The Morgan fingerprint density at radius 1 is 1.33 bits per heavy atom. The van der Waals surface area contributed by atoms with Crippen LogP contribution in [0.2, 0.25) is 0 Å². The van der Waals surface area contributed by atoms with Crippen molar-refractivity contribution in [3.05, 3.63) is 59.5 Å². The number of nitriles is 1. The lowest BCUT2D eigenvalue weighted by molar-refractivity contribution is -0.127. The van der Waals surface area contributed by atoms with E-state index in [0.717, 1.165) is 42.3 Å². The standard InChI is InChI=1S/C28H29FN4O2S/c1-27-12-16-14-32-33(18-4-8-24(29)31-15-18)22(16)11-17(27)3-5-19-20-6-7-21(26(35)36-10-9-30)28(20,2)13-23(34)25(19)27/h3-5,8,11,14-15,19-21,23,25,34H,6-7,10,12-13H2,1-2H3. The molecule has 2 saturated carbocycles. The minimum Gasteiger partial charge on any atom is -0.393 e. The van der Waals surface area contributed by atoms with Crippen molar-refractivity contribution in [3.8, 4) is 11.8 Å². The maximum absolute atomic E-state index is 13.4. The Balaban J connectivity index is 1.35. The van der Waals surface area contributed by atoms with Gasteiger partial charge in [0.15, 0.2) is 5.12 Å². The van der Waals surface area contributed by atoms with Gasteiger partial charge in [0.05, 0.1) is 41.7 Å². The van der Waals surface area contributed by atoms with Gasteiger partial charge in [0.1, 0.15) is 0 Å². The van der Waals surface area contributed by atoms with Gasteiger partial charge < -0.3 is 5.11 Å². The monoisotopic (exact) mass is 504 g/mol. The first-order valence-corrected chi connectivity index (χ1v) is 13.6. The Labute approximate surface area is 214 Å². The van der Waals surface area contributed by atoms with Crippen molar-refractivity contribution >= 4 is 23.0 Å². The molecule has 7 atom stereocenters. The Kier molecular flexibility index (Phi) is 5.51. The fourth-order valence-electron chi connectivity index (χ4n) is 7.92. The molecule has 4 aliphatic carbocycles. The highest BCUT2D eigenvalue weighted by atomic mass is 32.2. The molecule has 8 heteroatoms. The van der Waals surface area contributed by atoms with Gasteiger partial charge in [-0.05, 0) is 72.3 Å². The second-order valence-corrected chi connectivity index (χ2v) is 12.2. The molecule has 6 rings (SSSR count). The van der Waals surface area contributed by atoms with Gasteiger partial charge in [0.25, 0.3) is 0 Å². The molecule has 0 spiro atoms. The van der Waals surface area contributed by atoms with Crippen LogP contribution in [0, 0.1) is 51.8 Å². The molecule has 6 nitrogen and oxygen atoms in total. The van der Waals surface area contributed by atoms with E-state index in [2.05, 4.69) is 48.2 Å². The summed E-state index contributed by atoms with van der Waals surface area (Å²) in [5.41, 5.74) is 3.44. The van der Waals surface area contributed by atoms with Crippen LogP contribution in [-0.2, 0) is 11.2 Å². The van der Waals surface area contributed by atoms with Crippen LogP contribution >= 0.6 is 11.8 Å². The van der Waals surface area contributed by atoms with Crippen molar-refractivity contribution in [1.29, 1.82) is 5.26 Å². The predicted molar refractivity (Wildman–Crippen MR) is 135 cm³/mol. The molecule has 2 aromatic heterocycles. The molecule has 4 aliphatic rings. The SMILES string of the molecule is CC12Cc3cnn(-c4ccc(F)nc4)c3C=C1C=CC1C2C(O)CC2(C)C(C(=O)SCC#N)CCC12. The average Bonchev–Trinajstić information content (AvgIpc) is 3.40. The molecular formula is C28H29FN4O2S. The molecule has 0 bridgehead atoms. The summed E-state index contributed by atoms with van der Waals surface area (Å²) in [7, 11) is 0. The number of aliphatic hydroxyl groups is 1. The van der Waals surface area contributed by atoms with Gasteiger partial charge in [-0.2, -0.15) is 14.8 Å². The normalized spacial score (nSPS) is 36.2. The average molecular weight is 505 g/mol. The molecule has 36 heavy (non-hydrogen) atoms. The molecule has 2 aromatic rings. The fraction of sp³-hybridized carbons (Fsp3) is 0.500. The topological polar surface area (TPSA) is 91.8 Å². The van der Waals surface area contributed by atoms with Gasteiger partial charge in [0, 0.05) is 17.3 Å². The first-order chi connectivity index (χ1) is 17.3. The third-order valence-electron chi connectivity index (χ3n) is 9.50. The predicted octanol–water partition coefficient (Wildman–Crippen LogP) is 4.73. The number of nitrogens with zero attached hydrogens (tertiary/aromatic N) is 4. The van der Waals surface area contributed by atoms with Crippen molar-refractivity contribution in [2.75, 3.05) is 5.75 Å². The number of hydrogen-bond donors (Lipinski definition) is 1. The van der Waals surface area contributed by atoms with Crippen LogP contribution in [0.3, 0.4) is 0 Å². The van der Waals surface area contributed by atoms with Crippen LogP contribution in [0.15, 0.2) is 42.3 Å². The molecule has 1 N–H and O–H groups in total. The number of carbonyl (C=O) groups excluding carboxylic acids is 1. The van der Waals surface area contributed by atoms with E-state index in [0.29, 0.717) is 18.0 Å². The fourth-order valence-corrected chi connectivity index (χ4v) is 8.72. The second-order valence-electron chi connectivity index (χ2n) is 11.2. The van der Waals surface area contributed by atoms with Crippen LogP contribution in [-0.4, -0.2) is 36.8 Å². The maximum atomic E-state index is 13.4. The number of pyridine rings is 1. The van der Waals surface area contributed by atoms with E-state index in [4.69, 9.17) is 5.26 Å². The lowest BCUT2D eigenvalue weighted by atomic mass is 9.47. The van der Waals surface area contributed by atoms with Gasteiger partial charge in [-0.15, -0.1) is 0 Å². The Morgan fingerprint density at radius 3 is 2.92 bits per heavy atom. The number of aromatic nitrogens is 3. The van der Waals surface area contributed by atoms with Gasteiger partial charge in [-0.3, -0.25) is 4.79 Å². The highest BCUT2D eigenvalue weighted by Crippen LogP contribution is 2.65. The van der Waals surface area contributed by atoms with E-state index < -0.39 is 12.1 Å². The Hall–Kier alpha value is -2.76. The molecule has 2 heterocycles. The number of halogens is 1. The van der Waals surface area contributed by atoms with Crippen molar-refractivity contribution in [1.82, 2.24) is 14.8 Å². The number of hydrogen-bond acceptors (Lipinski definition) is 6. The summed E-state index contributed by atoms with van der Waals surface area (Å²) >= 11 is 1.13. The van der Waals surface area contributed by atoms with Gasteiger partial charge in [-0.25, -0.2) is 9.67 Å². The number of allylic oxidation sites excluding steroid dienone is 3. The van der Waals surface area contributed by atoms with E-state index in [1.54, 1.807) is 10.7 Å². The van der Waals surface area contributed by atoms with Crippen LogP contribution in [0.4, 0.5) is 4.39 Å².